The van der Waals surface area contributed by atoms with Gasteiger partial charge in [-0.2, -0.15) is 0 Å². The highest BCUT2D eigenvalue weighted by atomic mass is 127. The highest BCUT2D eigenvalue weighted by molar-refractivity contribution is 14.1. The van der Waals surface area contributed by atoms with Gasteiger partial charge < -0.3 is 5.32 Å². The molecule has 0 radical (unpaired) electrons. The summed E-state index contributed by atoms with van der Waals surface area (Å²) in [6.07, 6.45) is 5.22. The summed E-state index contributed by atoms with van der Waals surface area (Å²) in [4.78, 5) is 20.5. The van der Waals surface area contributed by atoms with Crippen molar-refractivity contribution in [3.05, 3.63) is 56.4 Å². The zero-order chi connectivity index (χ0) is 14.8. The molecule has 0 aliphatic rings. The minimum atomic E-state index is -0.123. The molecule has 106 valence electrons. The van der Waals surface area contributed by atoms with Gasteiger partial charge in [-0.15, -0.1) is 11.3 Å². The maximum absolute atomic E-state index is 12.0. The molecule has 1 amide bonds. The van der Waals surface area contributed by atoms with Crippen LogP contribution in [0.25, 0.3) is 5.82 Å². The van der Waals surface area contributed by atoms with E-state index in [-0.39, 0.29) is 5.91 Å². The molecule has 0 fully saturated rings. The molecule has 0 unspecified atom stereocenters. The molecule has 7 heteroatoms. The maximum atomic E-state index is 12.0. The number of thiophene rings is 1. The van der Waals surface area contributed by atoms with Crippen LogP contribution in [0, 0.1) is 9.81 Å². The predicted octanol–water partition coefficient (Wildman–Crippen LogP) is 3.49. The molecule has 0 bridgehead atoms. The van der Waals surface area contributed by atoms with E-state index in [4.69, 9.17) is 0 Å². The molecule has 3 aromatic rings. The van der Waals surface area contributed by atoms with Gasteiger partial charge in [-0.05, 0) is 47.7 Å². The molecule has 1 N–H and O–H groups in total. The van der Waals surface area contributed by atoms with Crippen molar-refractivity contribution >= 4 is 45.5 Å². The third-order valence-electron chi connectivity index (χ3n) is 2.91. The molecule has 0 spiro atoms. The van der Waals surface area contributed by atoms with Crippen LogP contribution in [0.5, 0.6) is 0 Å². The van der Waals surface area contributed by atoms with Crippen LogP contribution in [-0.2, 0) is 0 Å². The lowest BCUT2D eigenvalue weighted by Gasteiger charge is -2.06. The lowest BCUT2D eigenvalue weighted by atomic mass is 10.3. The topological polar surface area (TPSA) is 59.8 Å². The summed E-state index contributed by atoms with van der Waals surface area (Å²) in [5, 5.41) is 4.68. The quantitative estimate of drug-likeness (QED) is 0.673. The van der Waals surface area contributed by atoms with Crippen molar-refractivity contribution in [2.45, 2.75) is 6.92 Å². The highest BCUT2D eigenvalue weighted by Crippen LogP contribution is 2.18. The van der Waals surface area contributed by atoms with Gasteiger partial charge in [0.15, 0.2) is 0 Å². The SMILES string of the molecule is Cc1nccn1-c1ccc(NC(=O)c2csc(I)c2)cn1. The summed E-state index contributed by atoms with van der Waals surface area (Å²) >= 11 is 3.74. The van der Waals surface area contributed by atoms with Crippen LogP contribution in [0.1, 0.15) is 16.2 Å². The number of aryl methyl sites for hydroxylation is 1. The Bertz CT molecular complexity index is 778. The number of rotatable bonds is 3. The van der Waals surface area contributed by atoms with Gasteiger partial charge in [-0.3, -0.25) is 9.36 Å². The minimum absolute atomic E-state index is 0.123. The molecule has 0 aliphatic heterocycles. The number of carbonyl (C=O) groups is 1. The Labute approximate surface area is 139 Å². The van der Waals surface area contributed by atoms with Gasteiger partial charge in [0.2, 0.25) is 0 Å². The molecule has 0 saturated heterocycles. The average Bonchev–Trinajstić information content (AvgIpc) is 3.08. The second-order valence-electron chi connectivity index (χ2n) is 4.34. The van der Waals surface area contributed by atoms with Crippen LogP contribution < -0.4 is 5.32 Å². The van der Waals surface area contributed by atoms with Crippen molar-refractivity contribution in [3.63, 3.8) is 0 Å². The number of nitrogens with zero attached hydrogens (tertiary/aromatic N) is 3. The van der Waals surface area contributed by atoms with E-state index in [0.29, 0.717) is 11.3 Å². The lowest BCUT2D eigenvalue weighted by Crippen LogP contribution is -2.11. The van der Waals surface area contributed by atoms with Gasteiger partial charge in [0.25, 0.3) is 5.91 Å². The summed E-state index contributed by atoms with van der Waals surface area (Å²) in [7, 11) is 0. The average molecular weight is 410 g/mol. The number of imidazole rings is 1. The second kappa shape index (κ2) is 5.94. The van der Waals surface area contributed by atoms with E-state index >= 15 is 0 Å². The van der Waals surface area contributed by atoms with Crippen molar-refractivity contribution < 1.29 is 4.79 Å². The highest BCUT2D eigenvalue weighted by Gasteiger charge is 2.09. The Balaban J connectivity index is 1.76. The number of amides is 1. The molecular formula is C14H11IN4OS. The summed E-state index contributed by atoms with van der Waals surface area (Å²) < 4.78 is 2.97. The fraction of sp³-hybridized carbons (Fsp3) is 0.0714. The number of hydrogen-bond acceptors (Lipinski definition) is 4. The number of hydrogen-bond donors (Lipinski definition) is 1. The molecule has 0 aliphatic carbocycles. The third kappa shape index (κ3) is 3.13. The summed E-state index contributed by atoms with van der Waals surface area (Å²) in [6, 6.07) is 5.54. The Kier molecular flexibility index (Phi) is 4.02. The molecule has 21 heavy (non-hydrogen) atoms. The van der Waals surface area contributed by atoms with Crippen molar-refractivity contribution in [3.8, 4) is 5.82 Å². The van der Waals surface area contributed by atoms with Gasteiger partial charge in [-0.1, -0.05) is 0 Å². The minimum Gasteiger partial charge on any atom is -0.321 e. The van der Waals surface area contributed by atoms with Gasteiger partial charge in [-0.25, -0.2) is 9.97 Å². The van der Waals surface area contributed by atoms with E-state index < -0.39 is 0 Å². The molecule has 3 rings (SSSR count). The number of aromatic nitrogens is 3. The van der Waals surface area contributed by atoms with Gasteiger partial charge >= 0.3 is 0 Å². The van der Waals surface area contributed by atoms with Gasteiger partial charge in [0.1, 0.15) is 11.6 Å². The van der Waals surface area contributed by atoms with E-state index in [1.54, 1.807) is 23.7 Å². The summed E-state index contributed by atoms with van der Waals surface area (Å²) in [5.41, 5.74) is 1.33. The Morgan fingerprint density at radius 3 is 2.81 bits per heavy atom. The largest absolute Gasteiger partial charge is 0.321 e. The number of nitrogens with one attached hydrogen (secondary N) is 1. The Hall–Kier alpha value is -1.74. The van der Waals surface area contributed by atoms with Crippen LogP contribution in [0.3, 0.4) is 0 Å². The van der Waals surface area contributed by atoms with E-state index in [9.17, 15) is 4.79 Å². The molecule has 3 aromatic heterocycles. The number of carbonyl (C=O) groups excluding carboxylic acids is 1. The summed E-state index contributed by atoms with van der Waals surface area (Å²) in [6.45, 7) is 1.91. The molecule has 5 nitrogen and oxygen atoms in total. The Morgan fingerprint density at radius 1 is 1.38 bits per heavy atom. The normalized spacial score (nSPS) is 10.6. The first-order valence-corrected chi connectivity index (χ1v) is 8.11. The van der Waals surface area contributed by atoms with E-state index in [1.807, 2.05) is 41.3 Å². The predicted molar refractivity (Wildman–Crippen MR) is 91.1 cm³/mol. The number of pyridine rings is 1. The zero-order valence-corrected chi connectivity index (χ0v) is 14.1. The van der Waals surface area contributed by atoms with Gasteiger partial charge in [0, 0.05) is 17.8 Å². The first-order chi connectivity index (χ1) is 10.1. The molecule has 0 atom stereocenters. The van der Waals surface area contributed by atoms with Crippen LogP contribution in [0.2, 0.25) is 0 Å². The lowest BCUT2D eigenvalue weighted by molar-refractivity contribution is 0.102. The molecule has 3 heterocycles. The first-order valence-electron chi connectivity index (χ1n) is 6.15. The monoisotopic (exact) mass is 410 g/mol. The van der Waals surface area contributed by atoms with Crippen molar-refractivity contribution in [2.24, 2.45) is 0 Å². The fourth-order valence-electron chi connectivity index (χ4n) is 1.85. The summed E-state index contributed by atoms with van der Waals surface area (Å²) in [5.74, 6) is 1.52. The molecular weight excluding hydrogens is 399 g/mol. The Morgan fingerprint density at radius 2 is 2.24 bits per heavy atom. The van der Waals surface area contributed by atoms with Crippen LogP contribution in [-0.4, -0.2) is 20.4 Å². The standard InChI is InChI=1S/C14H11IN4OS/c1-9-16-4-5-19(9)13-3-2-11(7-17-13)18-14(20)10-6-12(15)21-8-10/h2-8H,1H3,(H,18,20). The van der Waals surface area contributed by atoms with E-state index in [2.05, 4.69) is 37.9 Å². The van der Waals surface area contributed by atoms with Crippen molar-refractivity contribution in [1.29, 1.82) is 0 Å². The maximum Gasteiger partial charge on any atom is 0.256 e. The first kappa shape index (κ1) is 14.2. The van der Waals surface area contributed by atoms with E-state index in [1.165, 1.54) is 0 Å². The van der Waals surface area contributed by atoms with Gasteiger partial charge in [0.05, 0.1) is 20.3 Å². The fourth-order valence-corrected chi connectivity index (χ4v) is 3.18. The van der Waals surface area contributed by atoms with Crippen LogP contribution >= 0.6 is 33.9 Å². The van der Waals surface area contributed by atoms with Crippen LogP contribution in [0.4, 0.5) is 5.69 Å². The smallest absolute Gasteiger partial charge is 0.256 e. The van der Waals surface area contributed by atoms with E-state index in [0.717, 1.165) is 14.5 Å². The zero-order valence-electron chi connectivity index (χ0n) is 11.1. The van der Waals surface area contributed by atoms with Crippen molar-refractivity contribution in [1.82, 2.24) is 14.5 Å². The third-order valence-corrected chi connectivity index (χ3v) is 4.70. The number of anilines is 1. The number of halogens is 1. The van der Waals surface area contributed by atoms with Crippen molar-refractivity contribution in [2.75, 3.05) is 5.32 Å². The van der Waals surface area contributed by atoms with Crippen LogP contribution in [0.15, 0.2) is 42.2 Å². The molecule has 0 aromatic carbocycles. The molecule has 0 saturated carbocycles. The second-order valence-corrected chi connectivity index (χ2v) is 7.15.